The molecule has 0 saturated carbocycles. The second kappa shape index (κ2) is 14.4. The molecule has 0 spiro atoms. The van der Waals surface area contributed by atoms with Crippen LogP contribution in [0.1, 0.15) is 25.0 Å². The summed E-state index contributed by atoms with van der Waals surface area (Å²) >= 11 is 12.4. The Labute approximate surface area is 263 Å². The lowest BCUT2D eigenvalue weighted by Crippen LogP contribution is -2.53. The van der Waals surface area contributed by atoms with Gasteiger partial charge in [-0.1, -0.05) is 104 Å². The van der Waals surface area contributed by atoms with Crippen molar-refractivity contribution in [2.45, 2.75) is 37.8 Å². The molecule has 226 valence electrons. The summed E-state index contributed by atoms with van der Waals surface area (Å²) in [5.41, 5.74) is 1.51. The zero-order chi connectivity index (χ0) is 31.1. The van der Waals surface area contributed by atoms with Crippen LogP contribution in [0.15, 0.2) is 95.9 Å². The Morgan fingerprint density at radius 2 is 1.49 bits per heavy atom. The summed E-state index contributed by atoms with van der Waals surface area (Å²) < 4.78 is 28.2. The van der Waals surface area contributed by atoms with Gasteiger partial charge in [-0.3, -0.25) is 9.59 Å². The molecule has 0 fully saturated rings. The third-order valence-electron chi connectivity index (χ3n) is 7.08. The molecule has 0 aromatic heterocycles. The van der Waals surface area contributed by atoms with Gasteiger partial charge in [-0.2, -0.15) is 4.31 Å². The Morgan fingerprint density at radius 1 is 0.814 bits per heavy atom. The first-order chi connectivity index (χ1) is 20.5. The van der Waals surface area contributed by atoms with Crippen LogP contribution in [-0.2, 0) is 32.6 Å². The maximum Gasteiger partial charge on any atom is 0.243 e. The smallest absolute Gasteiger partial charge is 0.243 e. The molecule has 2 amide bonds. The first kappa shape index (κ1) is 32.5. The molecule has 1 N–H and O–H groups in total. The van der Waals surface area contributed by atoms with Gasteiger partial charge in [-0.25, -0.2) is 8.42 Å². The highest BCUT2D eigenvalue weighted by molar-refractivity contribution is 7.89. The fourth-order valence-electron chi connectivity index (χ4n) is 4.69. The van der Waals surface area contributed by atoms with Crippen LogP contribution in [-0.4, -0.2) is 55.6 Å². The van der Waals surface area contributed by atoms with Crippen LogP contribution >= 0.6 is 23.2 Å². The van der Waals surface area contributed by atoms with Crippen molar-refractivity contribution >= 4 is 55.8 Å². The predicted octanol–water partition coefficient (Wildman–Crippen LogP) is 6.18. The van der Waals surface area contributed by atoms with E-state index in [-0.39, 0.29) is 29.7 Å². The van der Waals surface area contributed by atoms with Crippen molar-refractivity contribution < 1.29 is 18.0 Å². The lowest BCUT2D eigenvalue weighted by molar-refractivity contribution is -0.141. The highest BCUT2D eigenvalue weighted by atomic mass is 35.5. The molecule has 0 bridgehead atoms. The van der Waals surface area contributed by atoms with Gasteiger partial charge in [0.15, 0.2) is 0 Å². The summed E-state index contributed by atoms with van der Waals surface area (Å²) in [6.45, 7) is 3.94. The molecule has 4 aromatic rings. The van der Waals surface area contributed by atoms with Gasteiger partial charge in [-0.15, -0.1) is 0 Å². The number of halogens is 2. The number of nitrogens with one attached hydrogen (secondary N) is 1. The summed E-state index contributed by atoms with van der Waals surface area (Å²) in [5.74, 6) is -0.664. The van der Waals surface area contributed by atoms with E-state index in [4.69, 9.17) is 23.2 Å². The molecule has 0 saturated heterocycles. The Balaban J connectivity index is 1.68. The normalized spacial score (nSPS) is 12.4. The van der Waals surface area contributed by atoms with Gasteiger partial charge in [0, 0.05) is 26.6 Å². The molecule has 0 aliphatic heterocycles. The molecule has 0 unspecified atom stereocenters. The minimum Gasteiger partial charge on any atom is -0.354 e. The molecule has 1 atom stereocenters. The third kappa shape index (κ3) is 8.36. The first-order valence-corrected chi connectivity index (χ1v) is 16.2. The van der Waals surface area contributed by atoms with E-state index in [0.717, 1.165) is 20.6 Å². The molecule has 0 heterocycles. The molecule has 0 aliphatic carbocycles. The Hall–Kier alpha value is -3.43. The van der Waals surface area contributed by atoms with Crippen molar-refractivity contribution in [2.24, 2.45) is 5.92 Å². The van der Waals surface area contributed by atoms with Gasteiger partial charge < -0.3 is 10.2 Å². The van der Waals surface area contributed by atoms with E-state index < -0.39 is 28.5 Å². The number of carbonyl (C=O) groups is 2. The molecule has 7 nitrogen and oxygen atoms in total. The molecule has 0 aliphatic rings. The zero-order valence-electron chi connectivity index (χ0n) is 24.3. The van der Waals surface area contributed by atoms with E-state index in [1.54, 1.807) is 30.3 Å². The fraction of sp³-hybridized carbons (Fsp3) is 0.273. The molecule has 43 heavy (non-hydrogen) atoms. The molecular weight excluding hydrogens is 605 g/mol. The van der Waals surface area contributed by atoms with Crippen molar-refractivity contribution in [1.29, 1.82) is 0 Å². The largest absolute Gasteiger partial charge is 0.354 e. The van der Waals surface area contributed by atoms with Gasteiger partial charge in [0.2, 0.25) is 21.8 Å². The quantitative estimate of drug-likeness (QED) is 0.201. The number of fused-ring (bicyclic) bond motifs is 1. The lowest BCUT2D eigenvalue weighted by atomic mass is 10.0. The van der Waals surface area contributed by atoms with Gasteiger partial charge in [0.1, 0.15) is 6.04 Å². The minimum atomic E-state index is -4.02. The summed E-state index contributed by atoms with van der Waals surface area (Å²) in [4.78, 5) is 29.2. The van der Waals surface area contributed by atoms with Crippen molar-refractivity contribution in [2.75, 3.05) is 20.1 Å². The second-order valence-electron chi connectivity index (χ2n) is 10.9. The van der Waals surface area contributed by atoms with Gasteiger partial charge in [0.25, 0.3) is 0 Å². The number of nitrogens with zero attached hydrogens (tertiary/aromatic N) is 2. The van der Waals surface area contributed by atoms with E-state index in [0.29, 0.717) is 22.2 Å². The average molecular weight is 641 g/mol. The average Bonchev–Trinajstić information content (AvgIpc) is 2.99. The first-order valence-electron chi connectivity index (χ1n) is 14.0. The predicted molar refractivity (Wildman–Crippen MR) is 173 cm³/mol. The highest BCUT2D eigenvalue weighted by Crippen LogP contribution is 2.25. The van der Waals surface area contributed by atoms with Crippen LogP contribution in [0.4, 0.5) is 0 Å². The second-order valence-corrected chi connectivity index (χ2v) is 13.7. The Morgan fingerprint density at radius 3 is 2.16 bits per heavy atom. The van der Waals surface area contributed by atoms with Crippen molar-refractivity contribution in [1.82, 2.24) is 14.5 Å². The number of sulfonamides is 1. The van der Waals surface area contributed by atoms with E-state index >= 15 is 0 Å². The van der Waals surface area contributed by atoms with Gasteiger partial charge in [0.05, 0.1) is 21.5 Å². The summed E-state index contributed by atoms with van der Waals surface area (Å²) in [5, 5.41) is 5.31. The summed E-state index contributed by atoms with van der Waals surface area (Å²) in [6, 6.07) is 25.8. The van der Waals surface area contributed by atoms with Crippen molar-refractivity contribution in [3.8, 4) is 0 Å². The fourth-order valence-corrected chi connectivity index (χ4v) is 6.16. The summed E-state index contributed by atoms with van der Waals surface area (Å²) in [6.07, 6.45) is 0.235. The maximum absolute atomic E-state index is 14.1. The zero-order valence-corrected chi connectivity index (χ0v) is 26.7. The standard InChI is InChI=1S/C33H35Cl2N3O4S/c1-23(2)20-36-33(40)31(18-24-9-5-4-6-10-24)38(21-25-13-16-29(34)30(35)17-25)32(39)22-37(3)43(41,42)28-15-14-26-11-7-8-12-27(26)19-28/h4-17,19,23,31H,18,20-22H2,1-3H3,(H,36,40)/t31-/m1/s1. The number of benzene rings is 4. The molecular formula is C33H35Cl2N3O4S. The number of carbonyl (C=O) groups excluding carboxylic acids is 2. The lowest BCUT2D eigenvalue weighted by Gasteiger charge is -2.33. The monoisotopic (exact) mass is 639 g/mol. The van der Waals surface area contributed by atoms with E-state index in [2.05, 4.69) is 5.32 Å². The number of amides is 2. The van der Waals surface area contributed by atoms with Crippen LogP contribution < -0.4 is 5.32 Å². The molecule has 10 heteroatoms. The van der Waals surface area contributed by atoms with Crippen LogP contribution in [0.2, 0.25) is 10.0 Å². The van der Waals surface area contributed by atoms with Crippen LogP contribution in [0.3, 0.4) is 0 Å². The van der Waals surface area contributed by atoms with E-state index in [9.17, 15) is 18.0 Å². The minimum absolute atomic E-state index is 0.0200. The Bertz CT molecular complexity index is 1700. The van der Waals surface area contributed by atoms with Crippen LogP contribution in [0, 0.1) is 5.92 Å². The highest BCUT2D eigenvalue weighted by Gasteiger charge is 2.33. The van der Waals surface area contributed by atoms with Crippen LogP contribution in [0.25, 0.3) is 10.8 Å². The number of rotatable bonds is 12. The Kier molecular flexibility index (Phi) is 10.8. The topological polar surface area (TPSA) is 86.8 Å². The van der Waals surface area contributed by atoms with Gasteiger partial charge >= 0.3 is 0 Å². The SMILES string of the molecule is CC(C)CNC(=O)[C@@H](Cc1ccccc1)N(Cc1ccc(Cl)c(Cl)c1)C(=O)CN(C)S(=O)(=O)c1ccc2ccccc2c1. The van der Waals surface area contributed by atoms with Crippen molar-refractivity contribution in [3.63, 3.8) is 0 Å². The number of hydrogen-bond donors (Lipinski definition) is 1. The van der Waals surface area contributed by atoms with E-state index in [1.165, 1.54) is 18.0 Å². The molecule has 4 aromatic carbocycles. The number of likely N-dealkylation sites (N-methyl/N-ethyl adjacent to an activating group) is 1. The van der Waals surface area contributed by atoms with Gasteiger partial charge in [-0.05, 0) is 52.1 Å². The third-order valence-corrected chi connectivity index (χ3v) is 9.62. The molecule has 0 radical (unpaired) electrons. The van der Waals surface area contributed by atoms with Crippen molar-refractivity contribution in [3.05, 3.63) is 112 Å². The maximum atomic E-state index is 14.1. The van der Waals surface area contributed by atoms with E-state index in [1.807, 2.05) is 68.4 Å². The molecule has 4 rings (SSSR count). The van der Waals surface area contributed by atoms with Crippen LogP contribution in [0.5, 0.6) is 0 Å². The summed E-state index contributed by atoms with van der Waals surface area (Å²) in [7, 11) is -2.66. The number of hydrogen-bond acceptors (Lipinski definition) is 4.